The van der Waals surface area contributed by atoms with Crippen molar-refractivity contribution >= 4 is 36.8 Å². The molecule has 1 aliphatic heterocycles. The van der Waals surface area contributed by atoms with Gasteiger partial charge in [0.1, 0.15) is 18.6 Å². The van der Waals surface area contributed by atoms with Crippen LogP contribution in [-0.2, 0) is 11.5 Å². The van der Waals surface area contributed by atoms with Gasteiger partial charge in [-0.1, -0.05) is 19.6 Å². The number of nitrogens with two attached hydrogens (primary N) is 1. The molecule has 0 bridgehead atoms. The second-order valence-electron chi connectivity index (χ2n) is 10.0. The number of pyridine rings is 1. The molecular weight excluding hydrogens is 468 g/mol. The van der Waals surface area contributed by atoms with Gasteiger partial charge in [-0.3, -0.25) is 4.79 Å². The number of piperidine rings is 1. The second kappa shape index (κ2) is 10.1. The zero-order chi connectivity index (χ0) is 25.2. The van der Waals surface area contributed by atoms with Gasteiger partial charge >= 0.3 is 6.09 Å². The molecule has 0 aliphatic carbocycles. The highest BCUT2D eigenvalue weighted by atomic mass is 28.3. The smallest absolute Gasteiger partial charge is 0.407 e. The fourth-order valence-electron chi connectivity index (χ4n) is 4.09. The molecule has 0 unspecified atom stereocenters. The van der Waals surface area contributed by atoms with Crippen molar-refractivity contribution < 1.29 is 23.8 Å². The lowest BCUT2D eigenvalue weighted by molar-refractivity contribution is 0.0899. The van der Waals surface area contributed by atoms with E-state index in [2.05, 4.69) is 34.9 Å². The lowest BCUT2D eigenvalue weighted by Gasteiger charge is -2.32. The standard InChI is InChI=1S/C23H32N6O5Si/c1-35(2,3)10-9-33-14-29-8-6-16-19(26-15-5-4-7-28(12-15)23(31)32)17(11-25-21(16)29)22-27-18(13-34-22)20(24)30/h6,8,11,13,15H,4-5,7,9-10,12,14H2,1-3H3,(H2,24,30)(H,25,26)(H,31,32)/t15-/m1/s1. The average Bonchev–Trinajstić information content (AvgIpc) is 3.44. The molecular formula is C23H32N6O5Si. The van der Waals surface area contributed by atoms with Crippen molar-refractivity contribution in [3.63, 3.8) is 0 Å². The van der Waals surface area contributed by atoms with Crippen molar-refractivity contribution in [2.75, 3.05) is 25.0 Å². The number of carbonyl (C=O) groups excluding carboxylic acids is 1. The van der Waals surface area contributed by atoms with Gasteiger partial charge in [-0.15, -0.1) is 0 Å². The van der Waals surface area contributed by atoms with Crippen LogP contribution in [0.2, 0.25) is 25.7 Å². The summed E-state index contributed by atoms with van der Waals surface area (Å²) in [6, 6.07) is 2.90. The largest absolute Gasteiger partial charge is 0.465 e. The van der Waals surface area contributed by atoms with Gasteiger partial charge < -0.3 is 34.8 Å². The number of anilines is 1. The van der Waals surface area contributed by atoms with E-state index < -0.39 is 20.1 Å². The summed E-state index contributed by atoms with van der Waals surface area (Å²) in [5, 5.41) is 13.8. The van der Waals surface area contributed by atoms with E-state index in [0.29, 0.717) is 37.7 Å². The third-order valence-electron chi connectivity index (χ3n) is 6.04. The Morgan fingerprint density at radius 3 is 2.86 bits per heavy atom. The van der Waals surface area contributed by atoms with Crippen molar-refractivity contribution in [2.45, 2.75) is 51.3 Å². The molecule has 0 spiro atoms. The van der Waals surface area contributed by atoms with E-state index in [0.717, 1.165) is 29.9 Å². The number of hydrogen-bond acceptors (Lipinski definition) is 7. The maximum atomic E-state index is 11.5. The molecule has 3 aromatic heterocycles. The number of rotatable bonds is 9. The Kier molecular flexibility index (Phi) is 7.12. The van der Waals surface area contributed by atoms with Crippen LogP contribution in [0.1, 0.15) is 23.3 Å². The highest BCUT2D eigenvalue weighted by molar-refractivity contribution is 6.76. The number of oxazole rings is 1. The van der Waals surface area contributed by atoms with Crippen molar-refractivity contribution in [3.05, 3.63) is 30.4 Å². The van der Waals surface area contributed by atoms with Crippen molar-refractivity contribution in [3.8, 4) is 11.5 Å². The van der Waals surface area contributed by atoms with Gasteiger partial charge in [-0.25, -0.2) is 14.8 Å². The summed E-state index contributed by atoms with van der Waals surface area (Å²) >= 11 is 0. The lowest BCUT2D eigenvalue weighted by Crippen LogP contribution is -2.44. The molecule has 1 atom stereocenters. The second-order valence-corrected chi connectivity index (χ2v) is 15.7. The van der Waals surface area contributed by atoms with E-state index in [-0.39, 0.29) is 17.6 Å². The fourth-order valence-corrected chi connectivity index (χ4v) is 4.84. The molecule has 1 saturated heterocycles. The summed E-state index contributed by atoms with van der Waals surface area (Å²) < 4.78 is 13.4. The first-order chi connectivity index (χ1) is 16.6. The molecule has 11 nitrogen and oxygen atoms in total. The van der Waals surface area contributed by atoms with E-state index in [1.165, 1.54) is 11.2 Å². The maximum absolute atomic E-state index is 11.5. The van der Waals surface area contributed by atoms with Crippen LogP contribution in [0.4, 0.5) is 10.5 Å². The lowest BCUT2D eigenvalue weighted by atomic mass is 10.0. The summed E-state index contributed by atoms with van der Waals surface area (Å²) in [6.07, 6.45) is 5.40. The fraction of sp³-hybridized carbons (Fsp3) is 0.478. The highest BCUT2D eigenvalue weighted by Crippen LogP contribution is 2.35. The number of nitrogens with one attached hydrogen (secondary N) is 1. The molecule has 1 aliphatic rings. The minimum atomic E-state index is -1.19. The van der Waals surface area contributed by atoms with Crippen LogP contribution in [0.25, 0.3) is 22.5 Å². The van der Waals surface area contributed by atoms with Gasteiger partial charge in [0, 0.05) is 51.6 Å². The summed E-state index contributed by atoms with van der Waals surface area (Å²) in [7, 11) is -1.19. The van der Waals surface area contributed by atoms with Crippen molar-refractivity contribution in [1.29, 1.82) is 0 Å². The molecule has 0 radical (unpaired) electrons. The first-order valence-electron chi connectivity index (χ1n) is 11.7. The molecule has 4 N–H and O–H groups in total. The molecule has 4 heterocycles. The number of primary amides is 1. The van der Waals surface area contributed by atoms with E-state index in [4.69, 9.17) is 14.9 Å². The summed E-state index contributed by atoms with van der Waals surface area (Å²) in [6.45, 7) is 8.87. The van der Waals surface area contributed by atoms with Crippen LogP contribution in [-0.4, -0.2) is 70.4 Å². The van der Waals surface area contributed by atoms with Crippen LogP contribution in [0.3, 0.4) is 0 Å². The first kappa shape index (κ1) is 24.7. The summed E-state index contributed by atoms with van der Waals surface area (Å²) in [4.78, 5) is 33.3. The molecule has 0 aromatic carbocycles. The van der Waals surface area contributed by atoms with E-state index in [1.54, 1.807) is 6.20 Å². The van der Waals surface area contributed by atoms with Crippen molar-refractivity contribution in [2.24, 2.45) is 5.73 Å². The number of carboxylic acid groups (broad SMARTS) is 1. The number of amides is 2. The van der Waals surface area contributed by atoms with Crippen molar-refractivity contribution in [1.82, 2.24) is 19.4 Å². The SMILES string of the molecule is C[Si](C)(C)CCOCn1ccc2c(N[C@@H]3CCCN(C(=O)O)C3)c(-c3nc(C(N)=O)co3)cnc21. The molecule has 0 saturated carbocycles. The molecule has 1 fully saturated rings. The Balaban J connectivity index is 1.66. The summed E-state index contributed by atoms with van der Waals surface area (Å²) in [5.41, 5.74) is 7.37. The van der Waals surface area contributed by atoms with Gasteiger partial charge in [0.05, 0.1) is 11.3 Å². The number of hydrogen-bond donors (Lipinski definition) is 3. The van der Waals surface area contributed by atoms with Gasteiger partial charge in [0.15, 0.2) is 5.69 Å². The Morgan fingerprint density at radius 1 is 1.37 bits per heavy atom. The van der Waals surface area contributed by atoms with Gasteiger partial charge in [-0.2, -0.15) is 0 Å². The molecule has 4 rings (SSSR count). The van der Waals surface area contributed by atoms with Gasteiger partial charge in [0.2, 0.25) is 5.89 Å². The number of likely N-dealkylation sites (tertiary alicyclic amines) is 1. The molecule has 3 aromatic rings. The number of nitrogens with zero attached hydrogens (tertiary/aromatic N) is 4. The van der Waals surface area contributed by atoms with Crippen LogP contribution >= 0.6 is 0 Å². The van der Waals surface area contributed by atoms with E-state index in [1.807, 2.05) is 16.8 Å². The molecule has 188 valence electrons. The number of carbonyl (C=O) groups is 2. The van der Waals surface area contributed by atoms with Gasteiger partial charge in [0.25, 0.3) is 5.91 Å². The van der Waals surface area contributed by atoms with Crippen LogP contribution in [0.5, 0.6) is 0 Å². The van der Waals surface area contributed by atoms with Crippen LogP contribution < -0.4 is 11.1 Å². The Morgan fingerprint density at radius 2 is 2.17 bits per heavy atom. The topological polar surface area (TPSA) is 149 Å². The zero-order valence-corrected chi connectivity index (χ0v) is 21.3. The average molecular weight is 501 g/mol. The molecule has 35 heavy (non-hydrogen) atoms. The molecule has 2 amide bonds. The quantitative estimate of drug-likeness (QED) is 0.298. The van der Waals surface area contributed by atoms with Gasteiger partial charge in [-0.05, 0) is 25.0 Å². The monoisotopic (exact) mass is 500 g/mol. The zero-order valence-electron chi connectivity index (χ0n) is 20.3. The number of ether oxygens (including phenoxy) is 1. The third kappa shape index (κ3) is 5.82. The van der Waals surface area contributed by atoms with Crippen LogP contribution in [0, 0.1) is 0 Å². The highest BCUT2D eigenvalue weighted by Gasteiger charge is 2.26. The van der Waals surface area contributed by atoms with E-state index >= 15 is 0 Å². The molecule has 12 heteroatoms. The minimum Gasteiger partial charge on any atom is -0.465 e. The Hall–Kier alpha value is -3.38. The third-order valence-corrected chi connectivity index (χ3v) is 7.75. The Bertz CT molecular complexity index is 1220. The predicted octanol–water partition coefficient (Wildman–Crippen LogP) is 3.66. The first-order valence-corrected chi connectivity index (χ1v) is 15.4. The van der Waals surface area contributed by atoms with E-state index in [9.17, 15) is 14.7 Å². The Labute approximate surface area is 204 Å². The number of fused-ring (bicyclic) bond motifs is 1. The minimum absolute atomic E-state index is 0.0223. The normalized spacial score (nSPS) is 16.5. The number of aromatic nitrogens is 3. The maximum Gasteiger partial charge on any atom is 0.407 e. The predicted molar refractivity (Wildman–Crippen MR) is 134 cm³/mol. The summed E-state index contributed by atoms with van der Waals surface area (Å²) in [5.74, 6) is -0.477. The van der Waals surface area contributed by atoms with Crippen LogP contribution in [0.15, 0.2) is 29.1 Å².